The number of halogens is 4. The number of imidazole rings is 1. The number of hydrogen-bond acceptors (Lipinski definition) is 8. The third-order valence-electron chi connectivity index (χ3n) is 5.72. The second-order valence-electron chi connectivity index (χ2n) is 8.54. The minimum Gasteiger partial charge on any atom is -0.475 e. The van der Waals surface area contributed by atoms with Gasteiger partial charge in [0.2, 0.25) is 5.91 Å². The molecule has 2 aromatic heterocycles. The van der Waals surface area contributed by atoms with E-state index in [1.54, 1.807) is 29.2 Å². The van der Waals surface area contributed by atoms with E-state index in [2.05, 4.69) is 20.2 Å². The number of carboxylic acids is 1. The predicted molar refractivity (Wildman–Crippen MR) is 134 cm³/mol. The zero-order valence-electron chi connectivity index (χ0n) is 20.3. The first-order valence-electron chi connectivity index (χ1n) is 11.5. The monoisotopic (exact) mass is 571 g/mol. The average Bonchev–Trinajstić information content (AvgIpc) is 3.47. The van der Waals surface area contributed by atoms with E-state index >= 15 is 0 Å². The van der Waals surface area contributed by atoms with Crippen molar-refractivity contribution < 1.29 is 37.1 Å². The van der Waals surface area contributed by atoms with Gasteiger partial charge in [-0.15, -0.1) is 11.3 Å². The van der Waals surface area contributed by atoms with Crippen LogP contribution < -0.4 is 16.8 Å². The number of aromatic nitrogens is 3. The summed E-state index contributed by atoms with van der Waals surface area (Å²) in [5.41, 5.74) is 12.3. The van der Waals surface area contributed by atoms with Crippen molar-refractivity contribution in [2.75, 3.05) is 30.7 Å². The zero-order valence-corrected chi connectivity index (χ0v) is 21.1. The number of nitrogens with zero attached hydrogens (tertiary/aromatic N) is 4. The van der Waals surface area contributed by atoms with Crippen molar-refractivity contribution in [2.45, 2.75) is 31.5 Å². The summed E-state index contributed by atoms with van der Waals surface area (Å²) in [5, 5.41) is 10.5. The highest BCUT2D eigenvalue weighted by atomic mass is 32.1. The van der Waals surface area contributed by atoms with E-state index in [-0.39, 0.29) is 35.8 Å². The third-order valence-corrected chi connectivity index (χ3v) is 6.63. The summed E-state index contributed by atoms with van der Waals surface area (Å²) in [6.45, 7) is 1.70. The molecule has 0 spiro atoms. The number of hydrogen-bond donors (Lipinski definition) is 4. The Bertz CT molecular complexity index is 1300. The van der Waals surface area contributed by atoms with Crippen LogP contribution in [-0.2, 0) is 16.0 Å². The van der Waals surface area contributed by atoms with Crippen molar-refractivity contribution in [1.29, 1.82) is 0 Å². The number of nitrogens with one attached hydrogen (secondary N) is 1. The van der Waals surface area contributed by atoms with Crippen molar-refractivity contribution in [2.24, 2.45) is 5.73 Å². The van der Waals surface area contributed by atoms with E-state index < -0.39 is 18.1 Å². The van der Waals surface area contributed by atoms with Gasteiger partial charge in [-0.2, -0.15) is 13.2 Å². The number of primary amides is 1. The molecule has 1 aliphatic rings. The molecular formula is C23H25F4N7O4S. The number of nitrogens with two attached hydrogens (primary N) is 2. The molecule has 2 amide bonds. The van der Waals surface area contributed by atoms with Gasteiger partial charge in [-0.3, -0.25) is 14.5 Å². The Morgan fingerprint density at radius 1 is 1.13 bits per heavy atom. The number of anilines is 2. The molecule has 0 aliphatic carbocycles. The Balaban J connectivity index is 0.000000532. The molecular weight excluding hydrogens is 546 g/mol. The van der Waals surface area contributed by atoms with Crippen LogP contribution in [0.3, 0.4) is 0 Å². The molecule has 1 saturated heterocycles. The molecule has 11 nitrogen and oxygen atoms in total. The molecule has 0 bridgehead atoms. The van der Waals surface area contributed by atoms with Gasteiger partial charge in [0.05, 0.1) is 12.9 Å². The number of nitrogen functional groups attached to an aromatic ring is 1. The molecule has 0 atom stereocenters. The van der Waals surface area contributed by atoms with Crippen LogP contribution in [0.2, 0.25) is 0 Å². The maximum Gasteiger partial charge on any atom is 0.490 e. The van der Waals surface area contributed by atoms with Gasteiger partial charge in [0.1, 0.15) is 11.6 Å². The molecule has 1 aromatic carbocycles. The summed E-state index contributed by atoms with van der Waals surface area (Å²) in [6.07, 6.45) is 0.395. The predicted octanol–water partition coefficient (Wildman–Crippen LogP) is 2.66. The van der Waals surface area contributed by atoms with E-state index in [0.29, 0.717) is 11.6 Å². The van der Waals surface area contributed by atoms with Gasteiger partial charge in [0.25, 0.3) is 5.91 Å². The average molecular weight is 572 g/mol. The smallest absolute Gasteiger partial charge is 0.475 e. The van der Waals surface area contributed by atoms with E-state index in [1.165, 1.54) is 23.5 Å². The standard InChI is InChI=1S/C21H24FN7O2S.C2HF3O2/c22-14-3-1-13(2-4-14)9-16-10-25-21(32-16)27-17(30)11-28-7-5-15(6-8-28)29-12-26-18(19(29)23)20(24)31;3-2(4,5)1(6)7/h1-4,10,12,15H,5-9,11,23H2,(H2,24,31)(H,25,27,30);(H,6,7). The number of alkyl halides is 3. The lowest BCUT2D eigenvalue weighted by Crippen LogP contribution is -2.39. The number of carboxylic acid groups (broad SMARTS) is 1. The lowest BCUT2D eigenvalue weighted by atomic mass is 10.0. The Kier molecular flexibility index (Phi) is 9.58. The molecule has 0 radical (unpaired) electrons. The minimum atomic E-state index is -5.08. The number of likely N-dealkylation sites (tertiary alicyclic amines) is 1. The Labute approximate surface area is 223 Å². The summed E-state index contributed by atoms with van der Waals surface area (Å²) >= 11 is 1.41. The van der Waals surface area contributed by atoms with Crippen LogP contribution in [0.15, 0.2) is 36.8 Å². The fourth-order valence-electron chi connectivity index (χ4n) is 3.82. The largest absolute Gasteiger partial charge is 0.490 e. The first-order valence-corrected chi connectivity index (χ1v) is 12.3. The van der Waals surface area contributed by atoms with Crippen LogP contribution in [-0.4, -0.2) is 68.1 Å². The van der Waals surface area contributed by atoms with Crippen LogP contribution in [0.4, 0.5) is 28.5 Å². The van der Waals surface area contributed by atoms with E-state index in [9.17, 15) is 27.2 Å². The Morgan fingerprint density at radius 3 is 2.28 bits per heavy atom. The SMILES string of the molecule is NC(=O)c1ncn(C2CCN(CC(=O)Nc3ncc(Cc4ccc(F)cc4)s3)CC2)c1N.O=C(O)C(F)(F)F. The van der Waals surface area contributed by atoms with Crippen molar-refractivity contribution in [1.82, 2.24) is 19.4 Å². The van der Waals surface area contributed by atoms with Crippen LogP contribution in [0.5, 0.6) is 0 Å². The lowest BCUT2D eigenvalue weighted by molar-refractivity contribution is -0.192. The van der Waals surface area contributed by atoms with Gasteiger partial charge >= 0.3 is 12.1 Å². The fourth-order valence-corrected chi connectivity index (χ4v) is 4.68. The van der Waals surface area contributed by atoms with Crippen LogP contribution in [0.25, 0.3) is 0 Å². The number of thiazole rings is 1. The Morgan fingerprint density at radius 2 is 1.74 bits per heavy atom. The van der Waals surface area contributed by atoms with Gasteiger partial charge in [0, 0.05) is 36.6 Å². The molecule has 39 heavy (non-hydrogen) atoms. The van der Waals surface area contributed by atoms with E-state index in [1.807, 2.05) is 0 Å². The van der Waals surface area contributed by atoms with Gasteiger partial charge < -0.3 is 26.5 Å². The second-order valence-corrected chi connectivity index (χ2v) is 9.66. The molecule has 6 N–H and O–H groups in total. The number of amides is 2. The maximum atomic E-state index is 13.0. The number of aliphatic carboxylic acids is 1. The molecule has 3 aromatic rings. The topological polar surface area (TPSA) is 169 Å². The van der Waals surface area contributed by atoms with Gasteiger partial charge in [-0.25, -0.2) is 19.2 Å². The number of benzene rings is 1. The van der Waals surface area contributed by atoms with Crippen molar-refractivity contribution in [3.63, 3.8) is 0 Å². The zero-order chi connectivity index (χ0) is 28.7. The van der Waals surface area contributed by atoms with Crippen LogP contribution >= 0.6 is 11.3 Å². The Hall–Kier alpha value is -4.05. The highest BCUT2D eigenvalue weighted by Gasteiger charge is 2.38. The quantitative estimate of drug-likeness (QED) is 0.314. The summed E-state index contributed by atoms with van der Waals surface area (Å²) in [6, 6.07) is 6.45. The number of carbonyl (C=O) groups excluding carboxylic acids is 2. The molecule has 0 unspecified atom stereocenters. The second kappa shape index (κ2) is 12.7. The highest BCUT2D eigenvalue weighted by Crippen LogP contribution is 2.27. The molecule has 1 fully saturated rings. The summed E-state index contributed by atoms with van der Waals surface area (Å²) in [7, 11) is 0. The third kappa shape index (κ3) is 8.47. The van der Waals surface area contributed by atoms with E-state index in [0.717, 1.165) is 36.4 Å². The van der Waals surface area contributed by atoms with Crippen molar-refractivity contribution >= 4 is 40.1 Å². The normalized spacial score (nSPS) is 14.4. The lowest BCUT2D eigenvalue weighted by Gasteiger charge is -2.32. The first-order chi connectivity index (χ1) is 18.3. The van der Waals surface area contributed by atoms with Gasteiger partial charge in [-0.05, 0) is 30.5 Å². The molecule has 4 rings (SSSR count). The molecule has 0 saturated carbocycles. The van der Waals surface area contributed by atoms with Gasteiger partial charge in [-0.1, -0.05) is 12.1 Å². The molecule has 1 aliphatic heterocycles. The van der Waals surface area contributed by atoms with Gasteiger partial charge in [0.15, 0.2) is 10.8 Å². The molecule has 210 valence electrons. The number of carbonyl (C=O) groups is 3. The van der Waals surface area contributed by atoms with Crippen LogP contribution in [0.1, 0.15) is 39.8 Å². The minimum absolute atomic E-state index is 0.0917. The summed E-state index contributed by atoms with van der Waals surface area (Å²) in [4.78, 5) is 44.0. The number of piperidine rings is 1. The van der Waals surface area contributed by atoms with Crippen LogP contribution in [0, 0.1) is 5.82 Å². The maximum absolute atomic E-state index is 13.0. The number of rotatable bonds is 7. The highest BCUT2D eigenvalue weighted by molar-refractivity contribution is 7.15. The van der Waals surface area contributed by atoms with Crippen molar-refractivity contribution in [3.8, 4) is 0 Å². The van der Waals surface area contributed by atoms with E-state index in [4.69, 9.17) is 21.4 Å². The summed E-state index contributed by atoms with van der Waals surface area (Å²) in [5.74, 6) is -3.50. The summed E-state index contributed by atoms with van der Waals surface area (Å²) < 4.78 is 46.6. The first kappa shape index (κ1) is 29.5. The molecule has 3 heterocycles. The fraction of sp³-hybridized carbons (Fsp3) is 0.348. The molecule has 16 heteroatoms. The van der Waals surface area contributed by atoms with Crippen molar-refractivity contribution in [3.05, 3.63) is 58.7 Å².